The first-order valence-corrected chi connectivity index (χ1v) is 6.86. The topological polar surface area (TPSA) is 53.6 Å². The van der Waals surface area contributed by atoms with Crippen molar-refractivity contribution in [3.63, 3.8) is 0 Å². The van der Waals surface area contributed by atoms with E-state index in [1.54, 1.807) is 6.07 Å². The molecule has 1 atom stereocenters. The smallest absolute Gasteiger partial charge is 0.255 e. The normalized spacial score (nSPS) is 12.2. The average molecular weight is 279 g/mol. The van der Waals surface area contributed by atoms with E-state index in [9.17, 15) is 4.79 Å². The van der Waals surface area contributed by atoms with Gasteiger partial charge in [-0.05, 0) is 40.2 Å². The van der Waals surface area contributed by atoms with Gasteiger partial charge in [0.1, 0.15) is 12.4 Å². The Kier molecular flexibility index (Phi) is 7.04. The molecule has 2 N–H and O–H groups in total. The third-order valence-electron chi connectivity index (χ3n) is 2.99. The summed E-state index contributed by atoms with van der Waals surface area (Å²) in [5, 5.41) is 5.98. The lowest BCUT2D eigenvalue weighted by Gasteiger charge is -2.15. The predicted octanol–water partition coefficient (Wildman–Crippen LogP) is 0.965. The maximum absolute atomic E-state index is 12.2. The van der Waals surface area contributed by atoms with Crippen molar-refractivity contribution in [1.29, 1.82) is 0 Å². The van der Waals surface area contributed by atoms with Crippen LogP contribution in [0.2, 0.25) is 0 Å². The van der Waals surface area contributed by atoms with E-state index in [1.807, 2.05) is 51.2 Å². The second-order valence-electron chi connectivity index (χ2n) is 5.05. The molecule has 1 amide bonds. The molecule has 0 aliphatic rings. The summed E-state index contributed by atoms with van der Waals surface area (Å²) >= 11 is 0. The van der Waals surface area contributed by atoms with Crippen LogP contribution in [0.25, 0.3) is 0 Å². The van der Waals surface area contributed by atoms with Crippen LogP contribution < -0.4 is 15.4 Å². The van der Waals surface area contributed by atoms with Gasteiger partial charge in [0.2, 0.25) is 0 Å². The molecule has 0 aliphatic carbocycles. The molecule has 0 aromatic heterocycles. The van der Waals surface area contributed by atoms with Gasteiger partial charge in [-0.1, -0.05) is 12.1 Å². The molecule has 0 saturated carbocycles. The molecule has 1 rings (SSSR count). The van der Waals surface area contributed by atoms with Gasteiger partial charge in [0.05, 0.1) is 5.56 Å². The molecule has 0 fully saturated rings. The van der Waals surface area contributed by atoms with Gasteiger partial charge >= 0.3 is 0 Å². The number of amides is 1. The van der Waals surface area contributed by atoms with Crippen LogP contribution in [0.5, 0.6) is 5.75 Å². The number of ether oxygens (including phenoxy) is 1. The van der Waals surface area contributed by atoms with Crippen LogP contribution in [0.4, 0.5) is 0 Å². The van der Waals surface area contributed by atoms with E-state index in [1.165, 1.54) is 0 Å². The number of nitrogens with zero attached hydrogens (tertiary/aromatic N) is 1. The van der Waals surface area contributed by atoms with Crippen LogP contribution >= 0.6 is 0 Å². The summed E-state index contributed by atoms with van der Waals surface area (Å²) in [5.41, 5.74) is 0.578. The molecule has 0 radical (unpaired) electrons. The second-order valence-corrected chi connectivity index (χ2v) is 5.05. The Hall–Kier alpha value is -1.59. The van der Waals surface area contributed by atoms with Crippen molar-refractivity contribution in [2.24, 2.45) is 0 Å². The number of rotatable bonds is 8. The van der Waals surface area contributed by atoms with Crippen molar-refractivity contribution >= 4 is 5.91 Å². The first-order valence-electron chi connectivity index (χ1n) is 6.86. The summed E-state index contributed by atoms with van der Waals surface area (Å²) in [6, 6.07) is 7.56. The number of carbonyl (C=O) groups excluding carboxylic acids is 1. The van der Waals surface area contributed by atoms with Gasteiger partial charge in [-0.2, -0.15) is 0 Å². The Labute approximate surface area is 121 Å². The summed E-state index contributed by atoms with van der Waals surface area (Å²) < 4.78 is 5.68. The zero-order valence-corrected chi connectivity index (χ0v) is 12.8. The highest BCUT2D eigenvalue weighted by atomic mass is 16.5. The second kappa shape index (κ2) is 8.55. The molecule has 0 saturated heterocycles. The van der Waals surface area contributed by atoms with Crippen molar-refractivity contribution in [3.8, 4) is 5.75 Å². The van der Waals surface area contributed by atoms with Crippen LogP contribution in [0, 0.1) is 0 Å². The van der Waals surface area contributed by atoms with Crippen molar-refractivity contribution in [2.45, 2.75) is 13.0 Å². The first-order chi connectivity index (χ1) is 9.54. The van der Waals surface area contributed by atoms with Crippen LogP contribution in [0.15, 0.2) is 24.3 Å². The lowest BCUT2D eigenvalue weighted by atomic mass is 10.2. The van der Waals surface area contributed by atoms with Crippen LogP contribution in [0.3, 0.4) is 0 Å². The molecular weight excluding hydrogens is 254 g/mol. The Morgan fingerprint density at radius 2 is 2.05 bits per heavy atom. The minimum atomic E-state index is -0.104. The van der Waals surface area contributed by atoms with Crippen molar-refractivity contribution in [3.05, 3.63) is 29.8 Å². The molecule has 1 aromatic rings. The fourth-order valence-electron chi connectivity index (χ4n) is 1.56. The molecule has 112 valence electrons. The number of benzene rings is 1. The molecule has 5 heteroatoms. The lowest BCUT2D eigenvalue weighted by Crippen LogP contribution is -2.37. The van der Waals surface area contributed by atoms with Crippen LogP contribution in [0.1, 0.15) is 17.3 Å². The maximum atomic E-state index is 12.2. The molecule has 20 heavy (non-hydrogen) atoms. The monoisotopic (exact) mass is 279 g/mol. The van der Waals surface area contributed by atoms with Gasteiger partial charge in [-0.15, -0.1) is 0 Å². The number of nitrogens with one attached hydrogen (secondary N) is 2. The summed E-state index contributed by atoms with van der Waals surface area (Å²) in [6.45, 7) is 3.97. The van der Waals surface area contributed by atoms with Gasteiger partial charge in [-0.25, -0.2) is 0 Å². The van der Waals surface area contributed by atoms with E-state index >= 15 is 0 Å². The van der Waals surface area contributed by atoms with Gasteiger partial charge in [-0.3, -0.25) is 4.79 Å². The zero-order chi connectivity index (χ0) is 15.0. The molecule has 1 aromatic carbocycles. The van der Waals surface area contributed by atoms with Crippen LogP contribution in [-0.2, 0) is 0 Å². The largest absolute Gasteiger partial charge is 0.491 e. The van der Waals surface area contributed by atoms with Crippen LogP contribution in [-0.4, -0.2) is 57.7 Å². The Morgan fingerprint density at radius 1 is 1.35 bits per heavy atom. The molecule has 5 nitrogen and oxygen atoms in total. The number of hydrogen-bond acceptors (Lipinski definition) is 4. The van der Waals surface area contributed by atoms with E-state index in [0.29, 0.717) is 24.5 Å². The van der Waals surface area contributed by atoms with Gasteiger partial charge in [0, 0.05) is 19.1 Å². The lowest BCUT2D eigenvalue weighted by molar-refractivity contribution is 0.0946. The highest BCUT2D eigenvalue weighted by Gasteiger charge is 2.12. The van der Waals surface area contributed by atoms with E-state index in [-0.39, 0.29) is 11.9 Å². The third-order valence-corrected chi connectivity index (χ3v) is 2.99. The Bertz CT molecular complexity index is 421. The maximum Gasteiger partial charge on any atom is 0.255 e. The number of likely N-dealkylation sites (N-methyl/N-ethyl adjacent to an activating group) is 2. The molecular formula is C15H25N3O2. The summed E-state index contributed by atoms with van der Waals surface area (Å²) in [7, 11) is 5.84. The van der Waals surface area contributed by atoms with E-state index in [0.717, 1.165) is 6.54 Å². The third kappa shape index (κ3) is 5.59. The average Bonchev–Trinajstić information content (AvgIpc) is 2.44. The molecule has 0 spiro atoms. The quantitative estimate of drug-likeness (QED) is 0.744. The summed E-state index contributed by atoms with van der Waals surface area (Å²) in [5.74, 6) is 0.525. The number of hydrogen-bond donors (Lipinski definition) is 2. The van der Waals surface area contributed by atoms with E-state index in [4.69, 9.17) is 4.74 Å². The molecule has 1 unspecified atom stereocenters. The summed E-state index contributed by atoms with van der Waals surface area (Å²) in [4.78, 5) is 14.2. The zero-order valence-electron chi connectivity index (χ0n) is 12.8. The van der Waals surface area contributed by atoms with E-state index < -0.39 is 0 Å². The van der Waals surface area contributed by atoms with Gasteiger partial charge in [0.15, 0.2) is 0 Å². The molecule has 0 bridgehead atoms. The SMILES string of the molecule is CNC(C)CNC(=O)c1ccccc1OCCN(C)C. The fraction of sp³-hybridized carbons (Fsp3) is 0.533. The minimum Gasteiger partial charge on any atom is -0.491 e. The molecule has 0 aliphatic heterocycles. The number of carbonyl (C=O) groups is 1. The number of para-hydroxylation sites is 1. The van der Waals surface area contributed by atoms with Gasteiger partial charge in [0.25, 0.3) is 5.91 Å². The summed E-state index contributed by atoms with van der Waals surface area (Å²) in [6.07, 6.45) is 0. The van der Waals surface area contributed by atoms with Crippen molar-refractivity contribution < 1.29 is 9.53 Å². The van der Waals surface area contributed by atoms with Crippen molar-refractivity contribution in [1.82, 2.24) is 15.5 Å². The van der Waals surface area contributed by atoms with Gasteiger partial charge < -0.3 is 20.3 Å². The standard InChI is InChI=1S/C15H25N3O2/c1-12(16-2)11-17-15(19)13-7-5-6-8-14(13)20-10-9-18(3)4/h5-8,12,16H,9-11H2,1-4H3,(H,17,19). The van der Waals surface area contributed by atoms with E-state index in [2.05, 4.69) is 10.6 Å². The first kappa shape index (κ1) is 16.5. The minimum absolute atomic E-state index is 0.104. The highest BCUT2D eigenvalue weighted by Crippen LogP contribution is 2.17. The van der Waals surface area contributed by atoms with Crippen molar-refractivity contribution in [2.75, 3.05) is 40.8 Å². The fourth-order valence-corrected chi connectivity index (χ4v) is 1.56. The molecule has 0 heterocycles. The predicted molar refractivity (Wildman–Crippen MR) is 81.3 cm³/mol. The highest BCUT2D eigenvalue weighted by molar-refractivity contribution is 5.96. The Morgan fingerprint density at radius 3 is 2.70 bits per heavy atom. The Balaban J connectivity index is 2.61.